The number of thioether (sulfide) groups is 1. The van der Waals surface area contributed by atoms with Gasteiger partial charge in [0.15, 0.2) is 5.78 Å². The number of likely N-dealkylation sites (tertiary alicyclic amines) is 1. The lowest BCUT2D eigenvalue weighted by atomic mass is 9.97. The van der Waals surface area contributed by atoms with Crippen molar-refractivity contribution in [3.63, 3.8) is 0 Å². The summed E-state index contributed by atoms with van der Waals surface area (Å²) in [7, 11) is 2.07. The molecule has 3 aromatic rings. The smallest absolute Gasteiger partial charge is 0.224 e. The van der Waals surface area contributed by atoms with Crippen LogP contribution in [0.1, 0.15) is 36.5 Å². The molecule has 0 radical (unpaired) electrons. The fourth-order valence-corrected chi connectivity index (χ4v) is 5.90. The van der Waals surface area contributed by atoms with Crippen LogP contribution in [0, 0.1) is 11.3 Å². The molecule has 0 bridgehead atoms. The van der Waals surface area contributed by atoms with E-state index in [1.54, 1.807) is 24.0 Å². The van der Waals surface area contributed by atoms with Crippen LogP contribution in [-0.4, -0.2) is 52.8 Å². The van der Waals surface area contributed by atoms with Crippen molar-refractivity contribution in [2.45, 2.75) is 42.8 Å². The van der Waals surface area contributed by atoms with Crippen LogP contribution in [0.3, 0.4) is 0 Å². The molecule has 1 fully saturated rings. The average Bonchev–Trinajstić information content (AvgIpc) is 3.39. The lowest BCUT2D eigenvalue weighted by molar-refractivity contribution is -0.131. The van der Waals surface area contributed by atoms with E-state index in [1.807, 2.05) is 24.3 Å². The number of anilines is 1. The molecular formula is C27H25FN4O2S. The molecule has 0 N–H and O–H groups in total. The fourth-order valence-electron chi connectivity index (χ4n) is 4.85. The summed E-state index contributed by atoms with van der Waals surface area (Å²) in [5, 5.41) is 10.0. The minimum absolute atomic E-state index is 0.00154. The van der Waals surface area contributed by atoms with E-state index in [1.165, 1.54) is 22.4 Å². The standard InChI is InChI=1S/C27H25FN4O2S/c1-27(28)13-19(14-29)32(15-27)26(34)8-7-24(33)20-9-10-30-22-5-3-17(11-21(20)22)18-4-6-23-25(12-18)35-16-31(23)2/h3-6,9-12,19H,7-8,13,15-16H2,1-2H3/t19-,27?/m0/s1. The Hall–Kier alpha value is -3.44. The summed E-state index contributed by atoms with van der Waals surface area (Å²) in [5.74, 6) is 0.380. The number of alkyl halides is 1. The van der Waals surface area contributed by atoms with Crippen LogP contribution < -0.4 is 4.90 Å². The predicted octanol–water partition coefficient (Wildman–Crippen LogP) is 5.22. The number of nitriles is 1. The molecule has 0 aliphatic carbocycles. The van der Waals surface area contributed by atoms with Crippen molar-refractivity contribution in [1.82, 2.24) is 9.88 Å². The first-order valence-electron chi connectivity index (χ1n) is 11.5. The van der Waals surface area contributed by atoms with Crippen molar-refractivity contribution in [3.8, 4) is 17.2 Å². The molecule has 0 saturated carbocycles. The molecule has 1 aromatic heterocycles. The van der Waals surface area contributed by atoms with Gasteiger partial charge in [0.1, 0.15) is 11.7 Å². The summed E-state index contributed by atoms with van der Waals surface area (Å²) < 4.78 is 14.3. The molecule has 2 atom stereocenters. The lowest BCUT2D eigenvalue weighted by Crippen LogP contribution is -2.36. The van der Waals surface area contributed by atoms with E-state index in [0.29, 0.717) is 11.1 Å². The van der Waals surface area contributed by atoms with E-state index >= 15 is 0 Å². The number of carbonyl (C=O) groups excluding carboxylic acids is 2. The maximum atomic E-state index is 14.3. The predicted molar refractivity (Wildman–Crippen MR) is 135 cm³/mol. The number of amides is 1. The van der Waals surface area contributed by atoms with Crippen molar-refractivity contribution in [2.75, 3.05) is 24.4 Å². The van der Waals surface area contributed by atoms with Gasteiger partial charge in [-0.05, 0) is 48.4 Å². The highest BCUT2D eigenvalue weighted by atomic mass is 32.2. The Morgan fingerprint density at radius 3 is 2.77 bits per heavy atom. The van der Waals surface area contributed by atoms with Gasteiger partial charge in [0.2, 0.25) is 5.91 Å². The molecule has 178 valence electrons. The minimum atomic E-state index is -1.58. The summed E-state index contributed by atoms with van der Waals surface area (Å²) in [6.07, 6.45) is 1.52. The second kappa shape index (κ2) is 8.97. The van der Waals surface area contributed by atoms with Gasteiger partial charge in [-0.25, -0.2) is 4.39 Å². The topological polar surface area (TPSA) is 77.3 Å². The third-order valence-electron chi connectivity index (χ3n) is 6.69. The van der Waals surface area contributed by atoms with E-state index < -0.39 is 11.7 Å². The van der Waals surface area contributed by atoms with Crippen molar-refractivity contribution in [2.24, 2.45) is 0 Å². The van der Waals surface area contributed by atoms with Crippen molar-refractivity contribution >= 4 is 40.0 Å². The van der Waals surface area contributed by atoms with Crippen molar-refractivity contribution < 1.29 is 14.0 Å². The highest BCUT2D eigenvalue weighted by Gasteiger charge is 2.43. The lowest BCUT2D eigenvalue weighted by Gasteiger charge is -2.19. The van der Waals surface area contributed by atoms with Gasteiger partial charge in [0.05, 0.1) is 29.7 Å². The molecule has 2 aliphatic rings. The summed E-state index contributed by atoms with van der Waals surface area (Å²) in [6.45, 7) is 1.28. The van der Waals surface area contributed by atoms with E-state index in [-0.39, 0.29) is 37.5 Å². The van der Waals surface area contributed by atoms with E-state index in [9.17, 15) is 19.2 Å². The number of Topliss-reactive ketones (excluding diaryl/α,β-unsaturated/α-hetero) is 1. The molecular weight excluding hydrogens is 463 g/mol. The van der Waals surface area contributed by atoms with Crippen LogP contribution in [0.5, 0.6) is 0 Å². The largest absolute Gasteiger partial charge is 0.364 e. The molecule has 1 saturated heterocycles. The zero-order valence-corrected chi connectivity index (χ0v) is 20.4. The van der Waals surface area contributed by atoms with Crippen LogP contribution >= 0.6 is 11.8 Å². The van der Waals surface area contributed by atoms with Crippen LogP contribution in [-0.2, 0) is 4.79 Å². The molecule has 2 aromatic carbocycles. The number of carbonyl (C=O) groups is 2. The quantitative estimate of drug-likeness (QED) is 0.459. The third kappa shape index (κ3) is 4.48. The molecule has 5 rings (SSSR count). The fraction of sp³-hybridized carbons (Fsp3) is 0.333. The zero-order chi connectivity index (χ0) is 24.7. The average molecular weight is 489 g/mol. The van der Waals surface area contributed by atoms with Crippen LogP contribution in [0.2, 0.25) is 0 Å². The molecule has 1 amide bonds. The van der Waals surface area contributed by atoms with E-state index in [2.05, 4.69) is 35.1 Å². The Balaban J connectivity index is 1.37. The summed E-state index contributed by atoms with van der Waals surface area (Å²) >= 11 is 1.80. The van der Waals surface area contributed by atoms with Gasteiger partial charge in [-0.1, -0.05) is 12.1 Å². The van der Waals surface area contributed by atoms with Crippen LogP contribution in [0.15, 0.2) is 53.6 Å². The van der Waals surface area contributed by atoms with Gasteiger partial charge in [-0.3, -0.25) is 14.6 Å². The SMILES string of the molecule is CN1CSc2cc(-c3ccc4nccc(C(=O)CCC(=O)N5CC(C)(F)C[C@H]5C#N)c4c3)ccc21. The first-order valence-corrected chi connectivity index (χ1v) is 12.5. The third-order valence-corrected chi connectivity index (χ3v) is 7.84. The molecule has 1 unspecified atom stereocenters. The van der Waals surface area contributed by atoms with Gasteiger partial charge in [0.25, 0.3) is 0 Å². The Labute approximate surface area is 207 Å². The second-order valence-electron chi connectivity index (χ2n) is 9.45. The number of nitrogens with zero attached hydrogens (tertiary/aromatic N) is 4. The maximum Gasteiger partial charge on any atom is 0.224 e. The van der Waals surface area contributed by atoms with Crippen LogP contribution in [0.25, 0.3) is 22.0 Å². The van der Waals surface area contributed by atoms with Crippen molar-refractivity contribution in [1.29, 1.82) is 5.26 Å². The monoisotopic (exact) mass is 488 g/mol. The van der Waals surface area contributed by atoms with Gasteiger partial charge < -0.3 is 9.80 Å². The second-order valence-corrected chi connectivity index (χ2v) is 10.4. The highest BCUT2D eigenvalue weighted by Crippen LogP contribution is 2.40. The number of benzene rings is 2. The van der Waals surface area contributed by atoms with E-state index in [4.69, 9.17) is 0 Å². The minimum Gasteiger partial charge on any atom is -0.364 e. The normalized spacial score (nSPS) is 21.3. The zero-order valence-electron chi connectivity index (χ0n) is 19.6. The molecule has 3 heterocycles. The van der Waals surface area contributed by atoms with Crippen LogP contribution in [0.4, 0.5) is 10.1 Å². The van der Waals surface area contributed by atoms with Gasteiger partial charge in [-0.15, -0.1) is 11.8 Å². The maximum absolute atomic E-state index is 14.3. The first-order chi connectivity index (χ1) is 16.8. The molecule has 6 nitrogen and oxygen atoms in total. The van der Waals surface area contributed by atoms with Gasteiger partial charge in [-0.2, -0.15) is 5.26 Å². The Morgan fingerprint density at radius 2 is 1.97 bits per heavy atom. The number of hydrogen-bond acceptors (Lipinski definition) is 6. The van der Waals surface area contributed by atoms with E-state index in [0.717, 1.165) is 22.4 Å². The van der Waals surface area contributed by atoms with Crippen molar-refractivity contribution in [3.05, 3.63) is 54.2 Å². The number of hydrogen-bond donors (Lipinski definition) is 0. The Bertz CT molecular complexity index is 1380. The summed E-state index contributed by atoms with van der Waals surface area (Å²) in [5.41, 5.74) is 2.91. The Morgan fingerprint density at radius 1 is 1.20 bits per heavy atom. The number of aromatic nitrogens is 1. The number of pyridine rings is 1. The number of halogens is 1. The first kappa shape index (κ1) is 23.3. The summed E-state index contributed by atoms with van der Waals surface area (Å²) in [6, 6.07) is 15.1. The number of rotatable bonds is 5. The summed E-state index contributed by atoms with van der Waals surface area (Å²) in [4.78, 5) is 35.0. The van der Waals surface area contributed by atoms with Gasteiger partial charge in [0, 0.05) is 48.4 Å². The van der Waals surface area contributed by atoms with Gasteiger partial charge >= 0.3 is 0 Å². The Kier molecular flexibility index (Phi) is 5.97. The molecule has 8 heteroatoms. The molecule has 35 heavy (non-hydrogen) atoms. The molecule has 2 aliphatic heterocycles. The highest BCUT2D eigenvalue weighted by molar-refractivity contribution is 7.99. The number of ketones is 1. The number of fused-ring (bicyclic) bond motifs is 2. The molecule has 0 spiro atoms.